The van der Waals surface area contributed by atoms with Crippen LogP contribution in [0.4, 0.5) is 4.39 Å². The molecule has 0 radical (unpaired) electrons. The number of nitrogens with zero attached hydrogens (tertiary/aromatic N) is 2. The highest BCUT2D eigenvalue weighted by Crippen LogP contribution is 2.23. The van der Waals surface area contributed by atoms with Crippen LogP contribution in [0.3, 0.4) is 0 Å². The van der Waals surface area contributed by atoms with E-state index in [0.29, 0.717) is 18.2 Å². The normalized spacial score (nSPS) is 21.4. The second-order valence-corrected chi connectivity index (χ2v) is 5.66. The zero-order valence-corrected chi connectivity index (χ0v) is 11.8. The van der Waals surface area contributed by atoms with E-state index in [2.05, 4.69) is 4.90 Å². The minimum Gasteiger partial charge on any atom is -0.393 e. The maximum absolute atomic E-state index is 13.5. The van der Waals surface area contributed by atoms with Gasteiger partial charge in [0.1, 0.15) is 5.82 Å². The molecule has 20 heavy (non-hydrogen) atoms. The maximum Gasteiger partial charge on any atom is 0.124 e. The fourth-order valence-electron chi connectivity index (χ4n) is 2.97. The lowest BCUT2D eigenvalue weighted by atomic mass is 9.96. The maximum atomic E-state index is 13.5. The summed E-state index contributed by atoms with van der Waals surface area (Å²) in [5.74, 6) is -0.358. The molecule has 1 N–H and O–H groups in total. The van der Waals surface area contributed by atoms with Crippen LogP contribution in [0.1, 0.15) is 43.7 Å². The Hall–Kier alpha value is -1.44. The van der Waals surface area contributed by atoms with Gasteiger partial charge < -0.3 is 5.11 Å². The Morgan fingerprint density at radius 2 is 2.25 bits per heavy atom. The molecular formula is C16H21FN2O. The number of hydrogen-bond acceptors (Lipinski definition) is 3. The van der Waals surface area contributed by atoms with Gasteiger partial charge in [-0.1, -0.05) is 6.42 Å². The van der Waals surface area contributed by atoms with Gasteiger partial charge in [-0.3, -0.25) is 4.90 Å². The van der Waals surface area contributed by atoms with Crippen LogP contribution in [0.25, 0.3) is 0 Å². The van der Waals surface area contributed by atoms with Crippen molar-refractivity contribution in [3.63, 3.8) is 0 Å². The van der Waals surface area contributed by atoms with E-state index in [-0.39, 0.29) is 11.9 Å². The third-order valence-corrected chi connectivity index (χ3v) is 3.83. The number of rotatable bonds is 4. The first-order valence-electron chi connectivity index (χ1n) is 7.20. The molecule has 2 atom stereocenters. The molecule has 0 spiro atoms. The number of likely N-dealkylation sites (tertiary alicyclic amines) is 1. The van der Waals surface area contributed by atoms with Crippen LogP contribution in [0.5, 0.6) is 0 Å². The van der Waals surface area contributed by atoms with Gasteiger partial charge >= 0.3 is 0 Å². The molecule has 0 bridgehead atoms. The molecule has 1 aliphatic rings. The van der Waals surface area contributed by atoms with Crippen LogP contribution in [0, 0.1) is 17.1 Å². The van der Waals surface area contributed by atoms with Gasteiger partial charge in [0.05, 0.1) is 17.7 Å². The lowest BCUT2D eigenvalue weighted by Gasteiger charge is -2.36. The van der Waals surface area contributed by atoms with E-state index in [0.717, 1.165) is 31.4 Å². The van der Waals surface area contributed by atoms with Gasteiger partial charge in [-0.05, 0) is 56.5 Å². The second-order valence-electron chi connectivity index (χ2n) is 5.66. The zero-order valence-electron chi connectivity index (χ0n) is 11.8. The van der Waals surface area contributed by atoms with Crippen LogP contribution in [0.2, 0.25) is 0 Å². The molecule has 2 rings (SSSR count). The van der Waals surface area contributed by atoms with Crippen molar-refractivity contribution in [3.8, 4) is 6.07 Å². The highest BCUT2D eigenvalue weighted by molar-refractivity contribution is 5.33. The van der Waals surface area contributed by atoms with Crippen molar-refractivity contribution in [1.29, 1.82) is 5.26 Å². The van der Waals surface area contributed by atoms with E-state index in [4.69, 9.17) is 5.26 Å². The van der Waals surface area contributed by atoms with Crippen LogP contribution >= 0.6 is 0 Å². The molecule has 108 valence electrons. The average molecular weight is 276 g/mol. The topological polar surface area (TPSA) is 47.3 Å². The third kappa shape index (κ3) is 4.03. The minimum atomic E-state index is -0.358. The van der Waals surface area contributed by atoms with E-state index in [1.165, 1.54) is 18.6 Å². The summed E-state index contributed by atoms with van der Waals surface area (Å²) < 4.78 is 13.5. The molecule has 0 aliphatic carbocycles. The zero-order chi connectivity index (χ0) is 14.5. The summed E-state index contributed by atoms with van der Waals surface area (Å²) in [4.78, 5) is 2.30. The number of halogens is 1. The van der Waals surface area contributed by atoms with E-state index >= 15 is 0 Å². The molecule has 1 aliphatic heterocycles. The minimum absolute atomic E-state index is 0.317. The van der Waals surface area contributed by atoms with Crippen molar-refractivity contribution in [3.05, 3.63) is 35.1 Å². The summed E-state index contributed by atoms with van der Waals surface area (Å²) in [5, 5.41) is 18.5. The van der Waals surface area contributed by atoms with Gasteiger partial charge in [0.15, 0.2) is 0 Å². The number of hydrogen-bond donors (Lipinski definition) is 1. The van der Waals surface area contributed by atoms with Crippen LogP contribution in [0.15, 0.2) is 18.2 Å². The molecule has 1 heterocycles. The number of nitriles is 1. The van der Waals surface area contributed by atoms with E-state index in [9.17, 15) is 9.50 Å². The average Bonchev–Trinajstić information content (AvgIpc) is 2.39. The largest absolute Gasteiger partial charge is 0.393 e. The molecule has 3 nitrogen and oxygen atoms in total. The summed E-state index contributed by atoms with van der Waals surface area (Å²) >= 11 is 0. The fraction of sp³-hybridized carbons (Fsp3) is 0.562. The van der Waals surface area contributed by atoms with E-state index < -0.39 is 0 Å². The molecule has 1 aromatic carbocycles. The summed E-state index contributed by atoms with van der Waals surface area (Å²) in [6.45, 7) is 3.42. The Morgan fingerprint density at radius 1 is 1.45 bits per heavy atom. The Kier molecular flexibility index (Phi) is 5.11. The highest BCUT2D eigenvalue weighted by Gasteiger charge is 2.23. The molecular weight excluding hydrogens is 255 g/mol. The molecule has 0 saturated carbocycles. The summed E-state index contributed by atoms with van der Waals surface area (Å²) in [6.07, 6.45) is 3.82. The first-order chi connectivity index (χ1) is 9.58. The Bertz CT molecular complexity index is 496. The van der Waals surface area contributed by atoms with Crippen molar-refractivity contribution in [2.24, 2.45) is 0 Å². The molecule has 1 fully saturated rings. The molecule has 0 amide bonds. The molecule has 2 unspecified atom stereocenters. The molecule has 0 aromatic heterocycles. The van der Waals surface area contributed by atoms with Gasteiger partial charge in [0.25, 0.3) is 0 Å². The molecule has 1 saturated heterocycles. The standard InChI is InChI=1S/C16H21FN2O/c1-12(20)6-16-4-2-3-5-19(16)11-14-7-13(10-18)8-15(17)9-14/h7-9,12,16,20H,2-6,11H2,1H3. The quantitative estimate of drug-likeness (QED) is 0.920. The SMILES string of the molecule is CC(O)CC1CCCCN1Cc1cc(F)cc(C#N)c1. The van der Waals surface area contributed by atoms with Gasteiger partial charge in [-0.2, -0.15) is 5.26 Å². The number of aliphatic hydroxyl groups excluding tert-OH is 1. The molecule has 1 aromatic rings. The Balaban J connectivity index is 2.10. The number of aliphatic hydroxyl groups is 1. The third-order valence-electron chi connectivity index (χ3n) is 3.83. The molecule has 4 heteroatoms. The fourth-order valence-corrected chi connectivity index (χ4v) is 2.97. The second kappa shape index (κ2) is 6.83. The first-order valence-corrected chi connectivity index (χ1v) is 7.20. The first kappa shape index (κ1) is 15.0. The van der Waals surface area contributed by atoms with Gasteiger partial charge in [-0.15, -0.1) is 0 Å². The predicted octanol–water partition coefficient (Wildman–Crippen LogP) is 2.82. The highest BCUT2D eigenvalue weighted by atomic mass is 19.1. The van der Waals surface area contributed by atoms with Crippen molar-refractivity contribution in [2.45, 2.75) is 51.3 Å². The van der Waals surface area contributed by atoms with Crippen molar-refractivity contribution < 1.29 is 9.50 Å². The number of benzene rings is 1. The summed E-state index contributed by atoms with van der Waals surface area (Å²) in [7, 11) is 0. The lowest BCUT2D eigenvalue weighted by molar-refractivity contribution is 0.0817. The lowest BCUT2D eigenvalue weighted by Crippen LogP contribution is -2.40. The Morgan fingerprint density at radius 3 is 2.95 bits per heavy atom. The van der Waals surface area contributed by atoms with Gasteiger partial charge in [0, 0.05) is 12.6 Å². The summed E-state index contributed by atoms with van der Waals surface area (Å²) in [5.41, 5.74) is 1.20. The van der Waals surface area contributed by atoms with Gasteiger partial charge in [-0.25, -0.2) is 4.39 Å². The number of piperidine rings is 1. The predicted molar refractivity (Wildman–Crippen MR) is 75.5 cm³/mol. The van der Waals surface area contributed by atoms with Gasteiger partial charge in [0.2, 0.25) is 0 Å². The monoisotopic (exact) mass is 276 g/mol. The van der Waals surface area contributed by atoms with E-state index in [1.807, 2.05) is 13.0 Å². The van der Waals surface area contributed by atoms with E-state index in [1.54, 1.807) is 6.07 Å². The van der Waals surface area contributed by atoms with Crippen LogP contribution in [-0.2, 0) is 6.54 Å². The smallest absolute Gasteiger partial charge is 0.124 e. The van der Waals surface area contributed by atoms with Crippen molar-refractivity contribution in [2.75, 3.05) is 6.54 Å². The van der Waals surface area contributed by atoms with Crippen molar-refractivity contribution in [1.82, 2.24) is 4.90 Å². The van der Waals surface area contributed by atoms with Crippen LogP contribution in [-0.4, -0.2) is 28.7 Å². The van der Waals surface area contributed by atoms with Crippen molar-refractivity contribution >= 4 is 0 Å². The van der Waals surface area contributed by atoms with Crippen LogP contribution < -0.4 is 0 Å². The summed E-state index contributed by atoms with van der Waals surface area (Å²) in [6, 6.07) is 6.83. The Labute approximate surface area is 119 Å².